The van der Waals surface area contributed by atoms with E-state index in [1.54, 1.807) is 36.4 Å². The van der Waals surface area contributed by atoms with Crippen LogP contribution < -0.4 is 4.72 Å². The molecule has 0 bridgehead atoms. The Bertz CT molecular complexity index is 1440. The number of hydrogen-bond donors (Lipinski definition) is 1. The number of carbonyl (C=O) groups excluding carboxylic acids is 1. The van der Waals surface area contributed by atoms with Gasteiger partial charge < -0.3 is 4.42 Å². The molecule has 32 heavy (non-hydrogen) atoms. The molecule has 6 nitrogen and oxygen atoms in total. The molecule has 0 aliphatic heterocycles. The van der Waals surface area contributed by atoms with Gasteiger partial charge in [-0.15, -0.1) is 0 Å². The van der Waals surface area contributed by atoms with Crippen LogP contribution in [0.3, 0.4) is 0 Å². The number of para-hydroxylation sites is 1. The Morgan fingerprint density at radius 3 is 2.47 bits per heavy atom. The fraction of sp³-hybridized carbons (Fsp3) is 0.125. The van der Waals surface area contributed by atoms with Gasteiger partial charge in [0.05, 0.1) is 27.1 Å². The molecular weight excluding hydrogens is 446 g/mol. The Kier molecular flexibility index (Phi) is 5.19. The molecule has 3 aromatic carbocycles. The van der Waals surface area contributed by atoms with Gasteiger partial charge in [-0.1, -0.05) is 48.5 Å². The monoisotopic (exact) mass is 465 g/mol. The molecule has 8 heteroatoms. The summed E-state index contributed by atoms with van der Waals surface area (Å²) >= 11 is 0. The molecule has 1 aromatic heterocycles. The van der Waals surface area contributed by atoms with Gasteiger partial charge in [0.15, 0.2) is 5.78 Å². The van der Waals surface area contributed by atoms with Gasteiger partial charge >= 0.3 is 0 Å². The van der Waals surface area contributed by atoms with Gasteiger partial charge in [-0.25, -0.2) is 0 Å². The topological polar surface area (TPSA) is 93.4 Å². The summed E-state index contributed by atoms with van der Waals surface area (Å²) in [4.78, 5) is 12.5. The van der Waals surface area contributed by atoms with Crippen molar-refractivity contribution in [1.29, 1.82) is 0 Å². The molecule has 0 spiro atoms. The van der Waals surface area contributed by atoms with E-state index in [1.165, 1.54) is 6.07 Å². The molecular formula is C24H19NO5S2. The van der Waals surface area contributed by atoms with Crippen LogP contribution in [-0.4, -0.2) is 18.4 Å². The van der Waals surface area contributed by atoms with E-state index in [9.17, 15) is 17.4 Å². The van der Waals surface area contributed by atoms with E-state index in [0.29, 0.717) is 29.4 Å². The predicted molar refractivity (Wildman–Crippen MR) is 123 cm³/mol. The minimum atomic E-state index is -4.07. The average molecular weight is 466 g/mol. The van der Waals surface area contributed by atoms with Gasteiger partial charge in [0.25, 0.3) is 10.0 Å². The Morgan fingerprint density at radius 2 is 1.69 bits per heavy atom. The van der Waals surface area contributed by atoms with Crippen LogP contribution in [-0.2, 0) is 33.0 Å². The van der Waals surface area contributed by atoms with Crippen molar-refractivity contribution in [1.82, 2.24) is 0 Å². The van der Waals surface area contributed by atoms with E-state index >= 15 is 0 Å². The van der Waals surface area contributed by atoms with Gasteiger partial charge in [-0.2, -0.15) is 8.42 Å². The van der Waals surface area contributed by atoms with Crippen molar-refractivity contribution >= 4 is 43.3 Å². The Labute approximate surface area is 187 Å². The number of hydrogen-bond acceptors (Lipinski definition) is 5. The molecule has 0 fully saturated rings. The van der Waals surface area contributed by atoms with Crippen LogP contribution in [0.5, 0.6) is 0 Å². The highest BCUT2D eigenvalue weighted by molar-refractivity contribution is 7.92. The predicted octanol–water partition coefficient (Wildman–Crippen LogP) is 4.67. The molecule has 1 N–H and O–H groups in total. The van der Waals surface area contributed by atoms with Crippen molar-refractivity contribution in [2.45, 2.75) is 28.6 Å². The van der Waals surface area contributed by atoms with Crippen molar-refractivity contribution in [3.63, 3.8) is 0 Å². The van der Waals surface area contributed by atoms with Gasteiger partial charge in [0.1, 0.15) is 5.58 Å². The number of sulfonamides is 1. The number of Topliss-reactive ketones (excluding diaryl/α,β-unsaturated/α-hetero) is 1. The summed E-state index contributed by atoms with van der Waals surface area (Å²) in [5.41, 5.74) is 2.77. The van der Waals surface area contributed by atoms with E-state index in [1.807, 2.05) is 30.3 Å². The SMILES string of the molecule is O=C1CCc2cc(NS(=O)(=O)c3cc4ccccc4o3)c(S(=O)Cc3ccccc3)cc21. The van der Waals surface area contributed by atoms with Crippen molar-refractivity contribution in [2.75, 3.05) is 4.72 Å². The molecule has 1 aliphatic rings. The molecule has 5 rings (SSSR count). The molecule has 162 valence electrons. The highest BCUT2D eigenvalue weighted by Gasteiger charge is 2.27. The van der Waals surface area contributed by atoms with Crippen LogP contribution in [0.4, 0.5) is 5.69 Å². The fourth-order valence-corrected chi connectivity index (χ4v) is 6.19. The highest BCUT2D eigenvalue weighted by Crippen LogP contribution is 2.33. The number of furan rings is 1. The first kappa shape index (κ1) is 20.7. The van der Waals surface area contributed by atoms with E-state index in [4.69, 9.17) is 4.42 Å². The maximum Gasteiger partial charge on any atom is 0.295 e. The maximum atomic E-state index is 13.2. The number of anilines is 1. The lowest BCUT2D eigenvalue weighted by Gasteiger charge is -2.14. The zero-order valence-electron chi connectivity index (χ0n) is 16.9. The van der Waals surface area contributed by atoms with Crippen LogP contribution >= 0.6 is 0 Å². The molecule has 0 saturated carbocycles. The Morgan fingerprint density at radius 1 is 0.938 bits per heavy atom. The van der Waals surface area contributed by atoms with Gasteiger partial charge in [0, 0.05) is 23.4 Å². The average Bonchev–Trinajstić information content (AvgIpc) is 3.38. The summed E-state index contributed by atoms with van der Waals surface area (Å²) in [5.74, 6) is 0.178. The van der Waals surface area contributed by atoms with Crippen molar-refractivity contribution in [2.24, 2.45) is 0 Å². The smallest absolute Gasteiger partial charge is 0.295 e. The van der Waals surface area contributed by atoms with Gasteiger partial charge in [-0.3, -0.25) is 13.7 Å². The van der Waals surface area contributed by atoms with Gasteiger partial charge in [-0.05, 0) is 35.7 Å². The maximum absolute atomic E-state index is 13.2. The normalized spacial score (nSPS) is 14.4. The second-order valence-electron chi connectivity index (χ2n) is 7.61. The zero-order chi connectivity index (χ0) is 22.3. The van der Waals surface area contributed by atoms with Crippen molar-refractivity contribution in [3.05, 3.63) is 89.5 Å². The first-order chi connectivity index (χ1) is 15.4. The van der Waals surface area contributed by atoms with Crippen LogP contribution in [0.25, 0.3) is 11.0 Å². The summed E-state index contributed by atoms with van der Waals surface area (Å²) in [6.45, 7) is 0. The standard InChI is InChI=1S/C24H19NO5S2/c26-21-11-10-17-12-20(23(14-19(17)21)31(27)15-16-6-2-1-3-7-16)25-32(28,29)24-13-18-8-4-5-9-22(18)30-24/h1-9,12-14,25H,10-11,15H2. The van der Waals surface area contributed by atoms with E-state index in [2.05, 4.69) is 4.72 Å². The summed E-state index contributed by atoms with van der Waals surface area (Å²) in [6.07, 6.45) is 0.888. The third-order valence-electron chi connectivity index (χ3n) is 5.43. The molecule has 1 atom stereocenters. The lowest BCUT2D eigenvalue weighted by atomic mass is 10.1. The second kappa shape index (κ2) is 8.03. The zero-order valence-corrected chi connectivity index (χ0v) is 18.5. The summed E-state index contributed by atoms with van der Waals surface area (Å²) < 4.78 is 47.5. The number of benzene rings is 3. The highest BCUT2D eigenvalue weighted by atomic mass is 32.2. The lowest BCUT2D eigenvalue weighted by molar-refractivity contribution is 0.0994. The molecule has 1 heterocycles. The molecule has 0 radical (unpaired) electrons. The van der Waals surface area contributed by atoms with E-state index in [0.717, 1.165) is 11.1 Å². The summed E-state index contributed by atoms with van der Waals surface area (Å²) in [5, 5.41) is 0.440. The first-order valence-corrected chi connectivity index (χ1v) is 12.8. The van der Waals surface area contributed by atoms with E-state index < -0.39 is 20.8 Å². The number of rotatable bonds is 6. The van der Waals surface area contributed by atoms with Crippen molar-refractivity contribution < 1.29 is 21.8 Å². The number of fused-ring (bicyclic) bond motifs is 2. The van der Waals surface area contributed by atoms with Crippen LogP contribution in [0.1, 0.15) is 27.9 Å². The minimum Gasteiger partial charge on any atom is -0.443 e. The third kappa shape index (κ3) is 3.87. The lowest BCUT2D eigenvalue weighted by Crippen LogP contribution is -2.15. The van der Waals surface area contributed by atoms with Crippen molar-refractivity contribution in [3.8, 4) is 0 Å². The van der Waals surface area contributed by atoms with Gasteiger partial charge in [0.2, 0.25) is 5.09 Å². The molecule has 4 aromatic rings. The molecule has 0 amide bonds. The summed E-state index contributed by atoms with van der Waals surface area (Å²) in [7, 11) is -5.64. The Balaban J connectivity index is 1.55. The molecule has 1 aliphatic carbocycles. The number of nitrogens with one attached hydrogen (secondary N) is 1. The fourth-order valence-electron chi connectivity index (χ4n) is 3.83. The van der Waals surface area contributed by atoms with E-state index in [-0.39, 0.29) is 27.2 Å². The number of ketones is 1. The Hall–Kier alpha value is -3.23. The molecule has 0 saturated heterocycles. The van der Waals surface area contributed by atoms with Crippen LogP contribution in [0.2, 0.25) is 0 Å². The first-order valence-electron chi connectivity index (χ1n) is 10.0. The number of aryl methyl sites for hydroxylation is 1. The third-order valence-corrected chi connectivity index (χ3v) is 8.07. The minimum absolute atomic E-state index is 0.0235. The quantitative estimate of drug-likeness (QED) is 0.447. The van der Waals surface area contributed by atoms with Crippen LogP contribution in [0.15, 0.2) is 87.2 Å². The number of carbonyl (C=O) groups is 1. The summed E-state index contributed by atoms with van der Waals surface area (Å²) in [6, 6.07) is 20.9. The second-order valence-corrected chi connectivity index (χ2v) is 10.6. The van der Waals surface area contributed by atoms with Crippen LogP contribution in [0, 0.1) is 0 Å². The largest absolute Gasteiger partial charge is 0.443 e. The molecule has 1 unspecified atom stereocenters.